The molecular formula is C32H32F4N2O4. The highest BCUT2D eigenvalue weighted by Crippen LogP contribution is 2.50. The van der Waals surface area contributed by atoms with Crippen LogP contribution in [-0.4, -0.2) is 66.1 Å². The molecule has 10 heteroatoms. The first-order valence-electron chi connectivity index (χ1n) is 14.1. The Kier molecular flexibility index (Phi) is 7.85. The van der Waals surface area contributed by atoms with Crippen LogP contribution in [0.4, 0.5) is 17.6 Å². The first-order valence-corrected chi connectivity index (χ1v) is 14.1. The first-order chi connectivity index (χ1) is 20.2. The highest BCUT2D eigenvalue weighted by atomic mass is 19.3. The van der Waals surface area contributed by atoms with Gasteiger partial charge in [-0.25, -0.2) is 17.6 Å². The van der Waals surface area contributed by atoms with E-state index in [4.69, 9.17) is 14.6 Å². The van der Waals surface area contributed by atoms with Crippen molar-refractivity contribution in [2.75, 3.05) is 32.7 Å². The van der Waals surface area contributed by atoms with Gasteiger partial charge in [-0.1, -0.05) is 36.4 Å². The summed E-state index contributed by atoms with van der Waals surface area (Å²) < 4.78 is 70.2. The van der Waals surface area contributed by atoms with Gasteiger partial charge in [0.25, 0.3) is 6.43 Å². The first kappa shape index (κ1) is 28.5. The van der Waals surface area contributed by atoms with Crippen LogP contribution in [0.2, 0.25) is 0 Å². The van der Waals surface area contributed by atoms with Gasteiger partial charge in [-0.15, -0.1) is 0 Å². The van der Waals surface area contributed by atoms with Gasteiger partial charge in [-0.2, -0.15) is 0 Å². The minimum absolute atomic E-state index is 0.0000545. The van der Waals surface area contributed by atoms with Gasteiger partial charge in [-0.05, 0) is 48.1 Å². The van der Waals surface area contributed by atoms with E-state index >= 15 is 8.78 Å². The Balaban J connectivity index is 1.19. The van der Waals surface area contributed by atoms with E-state index in [-0.39, 0.29) is 35.9 Å². The molecule has 1 N–H and O–H groups in total. The summed E-state index contributed by atoms with van der Waals surface area (Å²) >= 11 is 0. The summed E-state index contributed by atoms with van der Waals surface area (Å²) in [6.45, 7) is 1.29. The number of carbonyl (C=O) groups is 1. The molecule has 0 radical (unpaired) electrons. The molecule has 1 saturated heterocycles. The van der Waals surface area contributed by atoms with Gasteiger partial charge < -0.3 is 14.6 Å². The van der Waals surface area contributed by atoms with E-state index in [9.17, 15) is 13.6 Å². The number of fused-ring (bicyclic) bond motifs is 1. The lowest BCUT2D eigenvalue weighted by molar-refractivity contribution is -0.150. The number of rotatable bonds is 10. The minimum atomic E-state index is -2.67. The zero-order valence-electron chi connectivity index (χ0n) is 22.9. The molecule has 6 nitrogen and oxygen atoms in total. The van der Waals surface area contributed by atoms with Gasteiger partial charge in [0, 0.05) is 42.7 Å². The van der Waals surface area contributed by atoms with Crippen LogP contribution in [-0.2, 0) is 17.8 Å². The average Bonchev–Trinajstić information content (AvgIpc) is 2.90. The molecule has 3 aliphatic rings. The molecule has 1 aliphatic carbocycles. The van der Waals surface area contributed by atoms with Crippen molar-refractivity contribution in [3.63, 3.8) is 0 Å². The molecule has 1 saturated carbocycles. The number of carboxylic acids is 1. The third-order valence-electron chi connectivity index (χ3n) is 8.49. The van der Waals surface area contributed by atoms with Crippen molar-refractivity contribution in [1.82, 2.24) is 9.80 Å². The molecule has 2 aliphatic heterocycles. The van der Waals surface area contributed by atoms with Crippen molar-refractivity contribution in [2.45, 2.75) is 44.4 Å². The quantitative estimate of drug-likeness (QED) is 0.310. The van der Waals surface area contributed by atoms with Crippen LogP contribution in [0, 0.1) is 17.0 Å². The van der Waals surface area contributed by atoms with E-state index in [0.717, 1.165) is 23.3 Å². The molecule has 0 bridgehead atoms. The molecule has 3 aromatic rings. The molecule has 2 heterocycles. The summed E-state index contributed by atoms with van der Waals surface area (Å²) in [6, 6.07) is 16.1. The molecule has 0 aromatic heterocycles. The molecule has 1 spiro atoms. The van der Waals surface area contributed by atoms with Gasteiger partial charge in [0.05, 0.1) is 25.2 Å². The average molecular weight is 585 g/mol. The maximum absolute atomic E-state index is 15.6. The number of nitrogens with zero attached hydrogens (tertiary/aromatic N) is 2. The summed E-state index contributed by atoms with van der Waals surface area (Å²) in [7, 11) is 0. The summed E-state index contributed by atoms with van der Waals surface area (Å²) in [6.07, 6.45) is -1.08. The van der Waals surface area contributed by atoms with Crippen LogP contribution in [0.15, 0.2) is 60.7 Å². The lowest BCUT2D eigenvalue weighted by Crippen LogP contribution is -2.65. The summed E-state index contributed by atoms with van der Waals surface area (Å²) in [4.78, 5) is 14.2. The summed E-state index contributed by atoms with van der Waals surface area (Å²) in [5, 5.41) is 8.93. The lowest BCUT2D eigenvalue weighted by atomic mass is 9.62. The number of hydrogen-bond acceptors (Lipinski definition) is 5. The molecule has 1 unspecified atom stereocenters. The number of halogens is 4. The zero-order valence-corrected chi connectivity index (χ0v) is 22.9. The number of ether oxygens (including phenoxy) is 2. The van der Waals surface area contributed by atoms with Crippen molar-refractivity contribution in [1.29, 1.82) is 0 Å². The predicted molar refractivity (Wildman–Crippen MR) is 147 cm³/mol. The third-order valence-corrected chi connectivity index (χ3v) is 8.49. The minimum Gasteiger partial charge on any atom is -0.490 e. The monoisotopic (exact) mass is 584 g/mol. The SMILES string of the molecule is O=C(O)CN1CC2(CC(Oc3cc(F)c(C4c5ccc(OCc6ccccc6)cc5CCN4CC(F)F)c(F)c3)C2)C1. The second-order valence-electron chi connectivity index (χ2n) is 11.7. The molecule has 6 rings (SSSR count). The van der Waals surface area contributed by atoms with Crippen LogP contribution in [0.25, 0.3) is 0 Å². The fourth-order valence-electron chi connectivity index (χ4n) is 6.73. The second-order valence-corrected chi connectivity index (χ2v) is 11.7. The number of benzene rings is 3. The van der Waals surface area contributed by atoms with E-state index < -0.39 is 36.6 Å². The lowest BCUT2D eigenvalue weighted by Gasteiger charge is -2.58. The highest BCUT2D eigenvalue weighted by molar-refractivity contribution is 5.69. The number of alkyl halides is 2. The molecule has 0 amide bonds. The molecule has 2 fully saturated rings. The van der Waals surface area contributed by atoms with E-state index in [2.05, 4.69) is 0 Å². The van der Waals surface area contributed by atoms with Crippen LogP contribution < -0.4 is 9.47 Å². The van der Waals surface area contributed by atoms with Gasteiger partial charge in [-0.3, -0.25) is 14.6 Å². The Morgan fingerprint density at radius 3 is 2.38 bits per heavy atom. The van der Waals surface area contributed by atoms with E-state index in [1.807, 2.05) is 41.3 Å². The number of likely N-dealkylation sites (tertiary alicyclic amines) is 1. The zero-order chi connectivity index (χ0) is 29.4. The van der Waals surface area contributed by atoms with Crippen LogP contribution in [0.3, 0.4) is 0 Å². The number of hydrogen-bond donors (Lipinski definition) is 1. The fraction of sp³-hybridized carbons (Fsp3) is 0.406. The topological polar surface area (TPSA) is 62.2 Å². The van der Waals surface area contributed by atoms with Gasteiger partial charge in [0.15, 0.2) is 0 Å². The summed E-state index contributed by atoms with van der Waals surface area (Å²) in [5.74, 6) is -1.92. The Morgan fingerprint density at radius 1 is 1.00 bits per heavy atom. The maximum Gasteiger partial charge on any atom is 0.317 e. The molecule has 42 heavy (non-hydrogen) atoms. The molecule has 222 valence electrons. The maximum atomic E-state index is 15.6. The van der Waals surface area contributed by atoms with Gasteiger partial charge in [0.2, 0.25) is 0 Å². The number of carboxylic acid groups (broad SMARTS) is 1. The van der Waals surface area contributed by atoms with Crippen molar-refractivity contribution >= 4 is 5.97 Å². The number of aliphatic carboxylic acids is 1. The Labute approximate surface area is 241 Å². The molecule has 3 aromatic carbocycles. The third kappa shape index (κ3) is 5.96. The van der Waals surface area contributed by atoms with Crippen LogP contribution in [0.5, 0.6) is 11.5 Å². The molecule has 1 atom stereocenters. The second kappa shape index (κ2) is 11.6. The normalized spacial score (nSPS) is 20.2. The van der Waals surface area contributed by atoms with E-state index in [1.165, 1.54) is 4.90 Å². The van der Waals surface area contributed by atoms with Crippen molar-refractivity contribution in [3.8, 4) is 11.5 Å². The summed E-state index contributed by atoms with van der Waals surface area (Å²) in [5.41, 5.74) is 2.08. The van der Waals surface area contributed by atoms with Crippen LogP contribution >= 0.6 is 0 Å². The van der Waals surface area contributed by atoms with Crippen molar-refractivity contribution < 1.29 is 36.9 Å². The Hall–Kier alpha value is -3.63. The molecular weight excluding hydrogens is 552 g/mol. The standard InChI is InChI=1S/C32H32F4N2O4/c33-26-11-23(42-24-13-32(14-24)18-37(19-32)16-29(39)40)12-27(34)30(26)31-25-7-6-22(41-17-20-4-2-1-3-5-20)10-21(25)8-9-38(31)15-28(35)36/h1-7,10-12,24,28,31H,8-9,13-19H2,(H,39,40). The van der Waals surface area contributed by atoms with Crippen molar-refractivity contribution in [3.05, 3.63) is 94.6 Å². The predicted octanol–water partition coefficient (Wildman–Crippen LogP) is 5.68. The largest absolute Gasteiger partial charge is 0.490 e. The smallest absolute Gasteiger partial charge is 0.317 e. The van der Waals surface area contributed by atoms with Gasteiger partial charge >= 0.3 is 5.97 Å². The van der Waals surface area contributed by atoms with Crippen LogP contribution in [0.1, 0.15) is 41.1 Å². The Bertz CT molecular complexity index is 1420. The van der Waals surface area contributed by atoms with Gasteiger partial charge in [0.1, 0.15) is 29.7 Å². The highest BCUT2D eigenvalue weighted by Gasteiger charge is 2.53. The fourth-order valence-corrected chi connectivity index (χ4v) is 6.73. The Morgan fingerprint density at radius 2 is 1.71 bits per heavy atom. The van der Waals surface area contributed by atoms with Crippen molar-refractivity contribution in [2.24, 2.45) is 5.41 Å². The van der Waals surface area contributed by atoms with E-state index in [0.29, 0.717) is 50.3 Å². The van der Waals surface area contributed by atoms with E-state index in [1.54, 1.807) is 12.1 Å².